The second-order valence-electron chi connectivity index (χ2n) is 6.33. The van der Waals surface area contributed by atoms with Crippen LogP contribution >= 0.6 is 58.2 Å². The molecule has 1 atom stereocenters. The molecule has 1 unspecified atom stereocenters. The van der Waals surface area contributed by atoms with E-state index in [2.05, 4.69) is 0 Å². The van der Waals surface area contributed by atoms with Crippen molar-refractivity contribution in [1.29, 1.82) is 0 Å². The van der Waals surface area contributed by atoms with Gasteiger partial charge >= 0.3 is 0 Å². The maximum absolute atomic E-state index is 11.9. The van der Waals surface area contributed by atoms with Gasteiger partial charge < -0.3 is 4.74 Å². The van der Waals surface area contributed by atoms with Gasteiger partial charge in [-0.1, -0.05) is 70.3 Å². The van der Waals surface area contributed by atoms with E-state index in [9.17, 15) is 4.79 Å². The van der Waals surface area contributed by atoms with E-state index in [1.807, 2.05) is 12.1 Å². The van der Waals surface area contributed by atoms with Crippen molar-refractivity contribution >= 4 is 69.2 Å². The van der Waals surface area contributed by atoms with Gasteiger partial charge in [0.05, 0.1) is 22.7 Å². The fraction of sp³-hybridized carbons (Fsp3) is 0.300. The molecular formula is C20H18Cl4N2O2S. The van der Waals surface area contributed by atoms with Crippen molar-refractivity contribution in [3.8, 4) is 5.75 Å². The number of halogens is 4. The second-order valence-corrected chi connectivity index (χ2v) is 9.05. The molecule has 0 spiro atoms. The van der Waals surface area contributed by atoms with Gasteiger partial charge in [0.25, 0.3) is 0 Å². The summed E-state index contributed by atoms with van der Waals surface area (Å²) in [5, 5.41) is 2.60. The number of carbonyl (C=O) groups is 1. The number of thioether (sulfide) groups is 1. The quantitative estimate of drug-likeness (QED) is 0.448. The van der Waals surface area contributed by atoms with Crippen LogP contribution in [0.1, 0.15) is 24.9 Å². The van der Waals surface area contributed by atoms with E-state index < -0.39 is 0 Å². The summed E-state index contributed by atoms with van der Waals surface area (Å²) >= 11 is 26.3. The molecule has 1 fully saturated rings. The Balaban J connectivity index is 1.83. The summed E-state index contributed by atoms with van der Waals surface area (Å²) in [6.07, 6.45) is 0.528. The van der Waals surface area contributed by atoms with Gasteiger partial charge in [0.2, 0.25) is 5.91 Å². The van der Waals surface area contributed by atoms with Gasteiger partial charge in [-0.3, -0.25) is 14.7 Å². The Kier molecular flexibility index (Phi) is 7.99. The van der Waals surface area contributed by atoms with E-state index in [0.29, 0.717) is 50.6 Å². The normalized spacial score (nSPS) is 16.3. The average Bonchev–Trinajstić information content (AvgIpc) is 3.11. The standard InChI is InChI=1S/C20H18Cl4N2O2S/c1-12(27)26-6-8-29-20(26)25-18(16-3-2-4-17(23)19(16)24)5-7-28-15-10-13(21)9-14(22)11-15/h2-4,9-11,18H,5-8H2,1H3. The first-order chi connectivity index (χ1) is 13.8. The highest BCUT2D eigenvalue weighted by molar-refractivity contribution is 8.14. The van der Waals surface area contributed by atoms with E-state index >= 15 is 0 Å². The van der Waals surface area contributed by atoms with Crippen molar-refractivity contribution in [2.45, 2.75) is 19.4 Å². The van der Waals surface area contributed by atoms with Gasteiger partial charge in [0.1, 0.15) is 5.75 Å². The first-order valence-corrected chi connectivity index (χ1v) is 11.4. The van der Waals surface area contributed by atoms with Crippen LogP contribution in [0.2, 0.25) is 20.1 Å². The second kappa shape index (κ2) is 10.3. The van der Waals surface area contributed by atoms with E-state index in [-0.39, 0.29) is 11.9 Å². The number of hydrogen-bond acceptors (Lipinski definition) is 4. The van der Waals surface area contributed by atoms with Crippen LogP contribution in [-0.2, 0) is 4.79 Å². The molecule has 29 heavy (non-hydrogen) atoms. The molecule has 0 bridgehead atoms. The number of amides is 1. The van der Waals surface area contributed by atoms with Crippen molar-refractivity contribution < 1.29 is 9.53 Å². The SMILES string of the molecule is CC(=O)N1CCSC1=NC(CCOc1cc(Cl)cc(Cl)c1)c1cccc(Cl)c1Cl. The van der Waals surface area contributed by atoms with Crippen LogP contribution in [0.15, 0.2) is 41.4 Å². The number of aliphatic imine (C=N–C) groups is 1. The molecule has 9 heteroatoms. The summed E-state index contributed by atoms with van der Waals surface area (Å²) in [4.78, 5) is 18.4. The van der Waals surface area contributed by atoms with Gasteiger partial charge in [-0.2, -0.15) is 0 Å². The molecule has 1 aliphatic rings. The highest BCUT2D eigenvalue weighted by atomic mass is 35.5. The minimum Gasteiger partial charge on any atom is -0.493 e. The first kappa shape index (κ1) is 22.6. The lowest BCUT2D eigenvalue weighted by Gasteiger charge is -2.19. The zero-order chi connectivity index (χ0) is 21.0. The predicted octanol–water partition coefficient (Wildman–Crippen LogP) is 6.76. The lowest BCUT2D eigenvalue weighted by molar-refractivity contribution is -0.124. The van der Waals surface area contributed by atoms with Crippen molar-refractivity contribution in [3.63, 3.8) is 0 Å². The molecular weight excluding hydrogens is 474 g/mol. The van der Waals surface area contributed by atoms with Crippen LogP contribution in [0.25, 0.3) is 0 Å². The van der Waals surface area contributed by atoms with Crippen LogP contribution in [0.4, 0.5) is 0 Å². The summed E-state index contributed by atoms with van der Waals surface area (Å²) < 4.78 is 5.83. The van der Waals surface area contributed by atoms with E-state index in [1.165, 1.54) is 6.92 Å². The van der Waals surface area contributed by atoms with Gasteiger partial charge in [0, 0.05) is 35.7 Å². The monoisotopic (exact) mass is 490 g/mol. The lowest BCUT2D eigenvalue weighted by atomic mass is 10.0. The number of rotatable bonds is 6. The average molecular weight is 492 g/mol. The fourth-order valence-electron chi connectivity index (χ4n) is 2.90. The Bertz CT molecular complexity index is 918. The Hall–Kier alpha value is -1.11. The smallest absolute Gasteiger partial charge is 0.225 e. The van der Waals surface area contributed by atoms with Crippen LogP contribution in [0.3, 0.4) is 0 Å². The zero-order valence-electron chi connectivity index (χ0n) is 15.5. The summed E-state index contributed by atoms with van der Waals surface area (Å²) in [5.41, 5.74) is 0.787. The number of nitrogens with zero attached hydrogens (tertiary/aromatic N) is 2. The third kappa shape index (κ3) is 5.96. The summed E-state index contributed by atoms with van der Waals surface area (Å²) in [6.45, 7) is 2.53. The zero-order valence-corrected chi connectivity index (χ0v) is 19.3. The topological polar surface area (TPSA) is 41.9 Å². The van der Waals surface area contributed by atoms with Crippen molar-refractivity contribution in [2.24, 2.45) is 4.99 Å². The number of ether oxygens (including phenoxy) is 1. The molecule has 0 radical (unpaired) electrons. The third-order valence-electron chi connectivity index (χ3n) is 4.26. The van der Waals surface area contributed by atoms with Gasteiger partial charge in [-0.15, -0.1) is 0 Å². The molecule has 0 saturated carbocycles. The Morgan fingerprint density at radius 2 is 1.93 bits per heavy atom. The number of benzene rings is 2. The summed E-state index contributed by atoms with van der Waals surface area (Å²) in [6, 6.07) is 10.2. The summed E-state index contributed by atoms with van der Waals surface area (Å²) in [7, 11) is 0. The molecule has 1 heterocycles. The molecule has 0 aromatic heterocycles. The highest BCUT2D eigenvalue weighted by Gasteiger charge is 2.25. The maximum Gasteiger partial charge on any atom is 0.225 e. The van der Waals surface area contributed by atoms with E-state index in [0.717, 1.165) is 11.3 Å². The fourth-order valence-corrected chi connectivity index (χ4v) is 4.88. The molecule has 154 valence electrons. The number of carbonyl (C=O) groups excluding carboxylic acids is 1. The van der Waals surface area contributed by atoms with Crippen LogP contribution in [0.5, 0.6) is 5.75 Å². The van der Waals surface area contributed by atoms with Crippen LogP contribution in [0, 0.1) is 0 Å². The molecule has 2 aromatic rings. The minimum absolute atomic E-state index is 0.0329. The van der Waals surface area contributed by atoms with Gasteiger partial charge in [-0.25, -0.2) is 0 Å². The Morgan fingerprint density at radius 1 is 1.21 bits per heavy atom. The molecule has 0 N–H and O–H groups in total. The number of hydrogen-bond donors (Lipinski definition) is 0. The van der Waals surface area contributed by atoms with Crippen molar-refractivity contribution in [1.82, 2.24) is 4.90 Å². The van der Waals surface area contributed by atoms with Gasteiger partial charge in [-0.05, 0) is 29.8 Å². The van der Waals surface area contributed by atoms with Crippen LogP contribution in [-0.4, -0.2) is 34.9 Å². The largest absolute Gasteiger partial charge is 0.493 e. The van der Waals surface area contributed by atoms with E-state index in [1.54, 1.807) is 40.9 Å². The minimum atomic E-state index is -0.321. The highest BCUT2D eigenvalue weighted by Crippen LogP contribution is 2.35. The molecule has 0 aliphatic carbocycles. The Labute approximate surface area is 194 Å². The predicted molar refractivity (Wildman–Crippen MR) is 123 cm³/mol. The summed E-state index contributed by atoms with van der Waals surface area (Å²) in [5.74, 6) is 1.35. The number of amidine groups is 1. The van der Waals surface area contributed by atoms with Crippen molar-refractivity contribution in [3.05, 3.63) is 62.1 Å². The lowest BCUT2D eigenvalue weighted by Crippen LogP contribution is -2.29. The van der Waals surface area contributed by atoms with E-state index in [4.69, 9.17) is 56.1 Å². The van der Waals surface area contributed by atoms with Crippen LogP contribution < -0.4 is 4.74 Å². The van der Waals surface area contributed by atoms with Crippen molar-refractivity contribution in [2.75, 3.05) is 18.9 Å². The molecule has 1 amide bonds. The third-order valence-corrected chi connectivity index (χ3v) is 6.50. The molecule has 4 nitrogen and oxygen atoms in total. The van der Waals surface area contributed by atoms with Gasteiger partial charge in [0.15, 0.2) is 5.17 Å². The molecule has 3 rings (SSSR count). The molecule has 1 aliphatic heterocycles. The molecule has 2 aromatic carbocycles. The first-order valence-electron chi connectivity index (χ1n) is 8.86. The molecule has 1 saturated heterocycles. The Morgan fingerprint density at radius 3 is 2.62 bits per heavy atom. The maximum atomic E-state index is 11.9.